The van der Waals surface area contributed by atoms with Gasteiger partial charge in [0.05, 0.1) is 15.5 Å². The van der Waals surface area contributed by atoms with E-state index >= 15 is 0 Å². The normalized spacial score (nSPS) is 11.6. The van der Waals surface area contributed by atoms with Gasteiger partial charge >= 0.3 is 0 Å². The lowest BCUT2D eigenvalue weighted by molar-refractivity contribution is 0.0982. The lowest BCUT2D eigenvalue weighted by atomic mass is 10.0. The van der Waals surface area contributed by atoms with Crippen molar-refractivity contribution in [3.63, 3.8) is 0 Å². The third-order valence-corrected chi connectivity index (χ3v) is 7.25. The molecule has 0 saturated carbocycles. The summed E-state index contributed by atoms with van der Waals surface area (Å²) in [5.74, 6) is 0.0257. The second kappa shape index (κ2) is 8.48. The Labute approximate surface area is 190 Å². The molecule has 3 aromatic heterocycles. The van der Waals surface area contributed by atoms with Gasteiger partial charge in [0.1, 0.15) is 5.65 Å². The van der Waals surface area contributed by atoms with E-state index in [9.17, 15) is 13.2 Å². The summed E-state index contributed by atoms with van der Waals surface area (Å²) < 4.78 is 29.7. The fourth-order valence-electron chi connectivity index (χ4n) is 3.67. The Morgan fingerprint density at radius 1 is 0.879 bits per heavy atom. The first-order chi connectivity index (χ1) is 16.0. The molecule has 0 radical (unpaired) electrons. The Morgan fingerprint density at radius 3 is 2.52 bits per heavy atom. The number of nitrogens with zero attached hydrogens (tertiary/aromatic N) is 4. The molecule has 5 aromatic rings. The number of Topliss-reactive ketones (excluding diaryl/α,β-unsaturated/α-hetero) is 1. The van der Waals surface area contributed by atoms with Gasteiger partial charge in [-0.25, -0.2) is 18.1 Å². The molecular weight excluding hydrogens is 436 g/mol. The van der Waals surface area contributed by atoms with Gasteiger partial charge < -0.3 is 4.40 Å². The summed E-state index contributed by atoms with van der Waals surface area (Å²) >= 11 is 0. The topological polar surface area (TPSA) is 86.3 Å². The van der Waals surface area contributed by atoms with Crippen molar-refractivity contribution < 1.29 is 13.2 Å². The summed E-state index contributed by atoms with van der Waals surface area (Å²) in [6.45, 7) is 0. The fraction of sp³-hybridized carbons (Fsp3) is 0.0800. The molecule has 8 heteroatoms. The number of carbonyl (C=O) groups is 1. The monoisotopic (exact) mass is 456 g/mol. The Bertz CT molecular complexity index is 1540. The quantitative estimate of drug-likeness (QED) is 0.343. The van der Waals surface area contributed by atoms with Gasteiger partial charge in [-0.1, -0.05) is 18.2 Å². The molecule has 0 atom stereocenters. The number of rotatable bonds is 7. The van der Waals surface area contributed by atoms with Crippen molar-refractivity contribution in [2.45, 2.75) is 22.6 Å². The summed E-state index contributed by atoms with van der Waals surface area (Å²) in [5.41, 5.74) is 2.98. The van der Waals surface area contributed by atoms with Gasteiger partial charge in [0.25, 0.3) is 0 Å². The number of fused-ring (bicyclic) bond motifs is 1. The predicted octanol–water partition coefficient (Wildman–Crippen LogP) is 4.17. The number of benzene rings is 2. The number of aryl methyl sites for hydroxylation is 1. The van der Waals surface area contributed by atoms with E-state index in [2.05, 4.69) is 10.1 Å². The Kier molecular flexibility index (Phi) is 5.35. The molecule has 0 aliphatic rings. The van der Waals surface area contributed by atoms with Crippen LogP contribution >= 0.6 is 0 Å². The molecule has 0 amide bonds. The molecule has 0 unspecified atom stereocenters. The van der Waals surface area contributed by atoms with Gasteiger partial charge in [-0.3, -0.25) is 4.79 Å². The number of hydrogen-bond donors (Lipinski definition) is 0. The first-order valence-electron chi connectivity index (χ1n) is 10.4. The smallest absolute Gasteiger partial charge is 0.206 e. The summed E-state index contributed by atoms with van der Waals surface area (Å²) in [5, 5.41) is 4.15. The van der Waals surface area contributed by atoms with Gasteiger partial charge in [0.15, 0.2) is 5.78 Å². The van der Waals surface area contributed by atoms with Crippen molar-refractivity contribution in [3.8, 4) is 5.69 Å². The molecule has 0 aliphatic heterocycles. The lowest BCUT2D eigenvalue weighted by Crippen LogP contribution is -2.05. The molecule has 7 nitrogen and oxygen atoms in total. The molecule has 33 heavy (non-hydrogen) atoms. The van der Waals surface area contributed by atoms with E-state index in [4.69, 9.17) is 0 Å². The summed E-state index contributed by atoms with van der Waals surface area (Å²) in [6, 6.07) is 18.8. The standard InChI is InChI=1S/C25H20N4O3S/c30-24(20-8-12-25-26-14-16-28(25)18-20)11-7-19-5-9-22(10-6-19)33(31,32)23-4-1-3-21(17-23)29-15-2-13-27-29/h1-6,8-10,12-18H,7,11H2. The van der Waals surface area contributed by atoms with Crippen LogP contribution in [0.15, 0.2) is 108 Å². The Balaban J connectivity index is 1.30. The second-order valence-electron chi connectivity index (χ2n) is 7.63. The molecule has 164 valence electrons. The van der Waals surface area contributed by atoms with Crippen LogP contribution in [0.4, 0.5) is 0 Å². The van der Waals surface area contributed by atoms with Crippen LogP contribution in [0.3, 0.4) is 0 Å². The van der Waals surface area contributed by atoms with Crippen LogP contribution in [0.25, 0.3) is 11.3 Å². The maximum atomic E-state index is 13.1. The minimum absolute atomic E-state index is 0.0257. The summed E-state index contributed by atoms with van der Waals surface area (Å²) in [7, 11) is -3.68. The Hall–Kier alpha value is -4.04. The van der Waals surface area contributed by atoms with Gasteiger partial charge in [-0.2, -0.15) is 5.10 Å². The van der Waals surface area contributed by atoms with Crippen LogP contribution in [0.5, 0.6) is 0 Å². The molecule has 0 aliphatic carbocycles. The highest BCUT2D eigenvalue weighted by Crippen LogP contribution is 2.23. The van der Waals surface area contributed by atoms with Crippen LogP contribution in [-0.4, -0.2) is 33.4 Å². The van der Waals surface area contributed by atoms with Gasteiger partial charge in [0, 0.05) is 43.0 Å². The molecule has 0 N–H and O–H groups in total. The molecule has 0 spiro atoms. The average Bonchev–Trinajstić information content (AvgIpc) is 3.55. The van der Waals surface area contributed by atoms with E-state index in [0.717, 1.165) is 11.2 Å². The predicted molar refractivity (Wildman–Crippen MR) is 123 cm³/mol. The lowest BCUT2D eigenvalue weighted by Gasteiger charge is -2.08. The van der Waals surface area contributed by atoms with Crippen LogP contribution in [0, 0.1) is 0 Å². The van der Waals surface area contributed by atoms with E-state index in [0.29, 0.717) is 24.1 Å². The summed E-state index contributed by atoms with van der Waals surface area (Å²) in [4.78, 5) is 17.2. The second-order valence-corrected chi connectivity index (χ2v) is 9.58. The largest absolute Gasteiger partial charge is 0.306 e. The van der Waals surface area contributed by atoms with Crippen LogP contribution < -0.4 is 0 Å². The van der Waals surface area contributed by atoms with Crippen molar-refractivity contribution in [1.29, 1.82) is 0 Å². The van der Waals surface area contributed by atoms with Gasteiger partial charge in [-0.05, 0) is 60.5 Å². The fourth-order valence-corrected chi connectivity index (χ4v) is 4.97. The van der Waals surface area contributed by atoms with E-state index in [1.807, 2.05) is 10.5 Å². The Morgan fingerprint density at radius 2 is 1.73 bits per heavy atom. The molecule has 0 bridgehead atoms. The number of hydrogen-bond acceptors (Lipinski definition) is 5. The van der Waals surface area contributed by atoms with Crippen molar-refractivity contribution in [2.24, 2.45) is 0 Å². The zero-order chi connectivity index (χ0) is 22.8. The van der Waals surface area contributed by atoms with E-state index in [1.165, 1.54) is 0 Å². The summed E-state index contributed by atoms with van der Waals surface area (Å²) in [6.07, 6.45) is 9.52. The minimum Gasteiger partial charge on any atom is -0.306 e. The maximum absolute atomic E-state index is 13.1. The van der Waals surface area contributed by atoms with E-state index in [1.54, 1.807) is 96.3 Å². The third-order valence-electron chi connectivity index (χ3n) is 5.48. The molecule has 0 fully saturated rings. The first-order valence-corrected chi connectivity index (χ1v) is 11.9. The van der Waals surface area contributed by atoms with E-state index in [-0.39, 0.29) is 15.6 Å². The highest BCUT2D eigenvalue weighted by Gasteiger charge is 2.18. The molecule has 0 saturated heterocycles. The highest BCUT2D eigenvalue weighted by atomic mass is 32.2. The third kappa shape index (κ3) is 4.20. The molecule has 3 heterocycles. The first kappa shape index (κ1) is 20.8. The zero-order valence-corrected chi connectivity index (χ0v) is 18.4. The van der Waals surface area contributed by atoms with Gasteiger partial charge in [0.2, 0.25) is 9.84 Å². The number of ketones is 1. The molecular formula is C25H20N4O3S. The number of sulfone groups is 1. The van der Waals surface area contributed by atoms with Gasteiger partial charge in [-0.15, -0.1) is 0 Å². The zero-order valence-electron chi connectivity index (χ0n) is 17.6. The number of aromatic nitrogens is 4. The van der Waals surface area contributed by atoms with Crippen molar-refractivity contribution in [3.05, 3.63) is 109 Å². The van der Waals surface area contributed by atoms with Crippen molar-refractivity contribution in [2.75, 3.05) is 0 Å². The average molecular weight is 457 g/mol. The van der Waals surface area contributed by atoms with Crippen LogP contribution in [0.2, 0.25) is 0 Å². The molecule has 5 rings (SSSR count). The van der Waals surface area contributed by atoms with Crippen LogP contribution in [-0.2, 0) is 16.3 Å². The van der Waals surface area contributed by atoms with Crippen molar-refractivity contribution in [1.82, 2.24) is 19.2 Å². The highest BCUT2D eigenvalue weighted by molar-refractivity contribution is 7.91. The number of imidazole rings is 1. The maximum Gasteiger partial charge on any atom is 0.206 e. The molecule has 2 aromatic carbocycles. The SMILES string of the molecule is O=C(CCc1ccc(S(=O)(=O)c2cccc(-n3cccn3)c2)cc1)c1ccc2nccn2c1. The minimum atomic E-state index is -3.68. The number of pyridine rings is 1. The van der Waals surface area contributed by atoms with E-state index < -0.39 is 9.84 Å². The number of carbonyl (C=O) groups excluding carboxylic acids is 1. The van der Waals surface area contributed by atoms with Crippen LogP contribution in [0.1, 0.15) is 22.3 Å². The van der Waals surface area contributed by atoms with Crippen molar-refractivity contribution >= 4 is 21.3 Å².